The SMILES string of the molecule is CC(=O)OCCCI.[H-].[K+]. The minimum absolute atomic E-state index is 0. The van der Waals surface area contributed by atoms with E-state index < -0.39 is 0 Å². The van der Waals surface area contributed by atoms with Gasteiger partial charge in [-0.3, -0.25) is 4.79 Å². The van der Waals surface area contributed by atoms with Crippen LogP contribution in [-0.4, -0.2) is 17.0 Å². The molecular weight excluding hydrogens is 258 g/mol. The molecule has 9 heavy (non-hydrogen) atoms. The molecule has 0 bridgehead atoms. The van der Waals surface area contributed by atoms with Gasteiger partial charge in [-0.15, -0.1) is 0 Å². The van der Waals surface area contributed by atoms with Crippen molar-refractivity contribution in [2.24, 2.45) is 0 Å². The zero-order valence-electron chi connectivity index (χ0n) is 6.82. The molecule has 0 saturated carbocycles. The molecule has 0 atom stereocenters. The van der Waals surface area contributed by atoms with E-state index in [1.165, 1.54) is 6.92 Å². The molecule has 50 valence electrons. The van der Waals surface area contributed by atoms with Crippen molar-refractivity contribution in [1.29, 1.82) is 0 Å². The summed E-state index contributed by atoms with van der Waals surface area (Å²) in [5, 5.41) is 0. The van der Waals surface area contributed by atoms with Gasteiger partial charge in [-0.2, -0.15) is 0 Å². The van der Waals surface area contributed by atoms with Gasteiger partial charge < -0.3 is 6.16 Å². The first kappa shape index (κ1) is 13.4. The first-order chi connectivity index (χ1) is 3.77. The molecule has 4 heteroatoms. The molecule has 0 aromatic heterocycles. The first-order valence-electron chi connectivity index (χ1n) is 2.46. The summed E-state index contributed by atoms with van der Waals surface area (Å²) >= 11 is 2.24. The van der Waals surface area contributed by atoms with E-state index in [4.69, 9.17) is 0 Å². The van der Waals surface area contributed by atoms with Crippen molar-refractivity contribution in [2.75, 3.05) is 11.0 Å². The summed E-state index contributed by atoms with van der Waals surface area (Å²) in [6.45, 7) is 1.99. The van der Waals surface area contributed by atoms with Crippen LogP contribution in [0.4, 0.5) is 0 Å². The molecule has 0 saturated heterocycles. The van der Waals surface area contributed by atoms with Crippen LogP contribution in [0, 0.1) is 0 Å². The normalized spacial score (nSPS) is 7.78. The van der Waals surface area contributed by atoms with Gasteiger partial charge in [0, 0.05) is 11.4 Å². The number of carbonyl (C=O) groups is 1. The maximum atomic E-state index is 10.1. The molecule has 0 rings (SSSR count). The fourth-order valence-electron chi connectivity index (χ4n) is 0.270. The van der Waals surface area contributed by atoms with Gasteiger partial charge in [0.05, 0.1) is 6.61 Å². The Hall–Kier alpha value is 1.84. The van der Waals surface area contributed by atoms with Crippen LogP contribution in [0.5, 0.6) is 0 Å². The molecular formula is C5H10IKO2. The number of rotatable bonds is 3. The largest absolute Gasteiger partial charge is 1.00 e. The van der Waals surface area contributed by atoms with Crippen LogP contribution in [0.15, 0.2) is 0 Å². The molecule has 0 aliphatic heterocycles. The Balaban J connectivity index is -0.000000245. The molecule has 0 N–H and O–H groups in total. The van der Waals surface area contributed by atoms with Gasteiger partial charge in [-0.05, 0) is 6.42 Å². The van der Waals surface area contributed by atoms with Crippen LogP contribution in [0.25, 0.3) is 0 Å². The summed E-state index contributed by atoms with van der Waals surface area (Å²) in [5.41, 5.74) is 0. The van der Waals surface area contributed by atoms with Crippen LogP contribution in [0.3, 0.4) is 0 Å². The minimum atomic E-state index is -0.185. The van der Waals surface area contributed by atoms with Crippen LogP contribution in [0.2, 0.25) is 0 Å². The number of alkyl halides is 1. The third-order valence-corrected chi connectivity index (χ3v) is 1.35. The third-order valence-electron chi connectivity index (χ3n) is 0.583. The van der Waals surface area contributed by atoms with E-state index in [0.717, 1.165) is 10.8 Å². The van der Waals surface area contributed by atoms with Crippen molar-refractivity contribution in [3.8, 4) is 0 Å². The summed E-state index contributed by atoms with van der Waals surface area (Å²) in [6.07, 6.45) is 0.958. The van der Waals surface area contributed by atoms with Crippen LogP contribution < -0.4 is 51.4 Å². The fraction of sp³-hybridized carbons (Fsp3) is 0.800. The van der Waals surface area contributed by atoms with Gasteiger partial charge >= 0.3 is 57.4 Å². The quantitative estimate of drug-likeness (QED) is 0.204. The molecule has 0 aliphatic carbocycles. The zero-order valence-corrected chi connectivity index (χ0v) is 11.1. The molecule has 0 radical (unpaired) electrons. The molecule has 0 unspecified atom stereocenters. The smallest absolute Gasteiger partial charge is 1.00 e. The molecule has 0 aromatic rings. The van der Waals surface area contributed by atoms with E-state index in [0.29, 0.717) is 6.61 Å². The van der Waals surface area contributed by atoms with Gasteiger partial charge in [0.15, 0.2) is 0 Å². The van der Waals surface area contributed by atoms with Crippen LogP contribution in [-0.2, 0) is 9.53 Å². The molecule has 0 spiro atoms. The Kier molecular flexibility index (Phi) is 14.7. The van der Waals surface area contributed by atoms with E-state index in [-0.39, 0.29) is 58.8 Å². The summed E-state index contributed by atoms with van der Waals surface area (Å²) in [5.74, 6) is -0.185. The first-order valence-corrected chi connectivity index (χ1v) is 3.99. The zero-order chi connectivity index (χ0) is 6.41. The molecule has 0 fully saturated rings. The average molecular weight is 268 g/mol. The summed E-state index contributed by atoms with van der Waals surface area (Å²) in [7, 11) is 0. The van der Waals surface area contributed by atoms with Crippen molar-refractivity contribution in [2.45, 2.75) is 13.3 Å². The van der Waals surface area contributed by atoms with E-state index in [9.17, 15) is 4.79 Å². The van der Waals surface area contributed by atoms with Crippen molar-refractivity contribution in [1.82, 2.24) is 0 Å². The predicted molar refractivity (Wildman–Crippen MR) is 41.2 cm³/mol. The molecule has 0 aromatic carbocycles. The number of carbonyl (C=O) groups excluding carboxylic acids is 1. The Morgan fingerprint density at radius 1 is 1.78 bits per heavy atom. The Morgan fingerprint density at radius 3 is 2.67 bits per heavy atom. The second-order valence-corrected chi connectivity index (χ2v) is 2.46. The van der Waals surface area contributed by atoms with Crippen LogP contribution in [0.1, 0.15) is 14.8 Å². The van der Waals surface area contributed by atoms with Crippen LogP contribution >= 0.6 is 22.6 Å². The van der Waals surface area contributed by atoms with Gasteiger partial charge in [-0.25, -0.2) is 0 Å². The van der Waals surface area contributed by atoms with Crippen molar-refractivity contribution in [3.63, 3.8) is 0 Å². The van der Waals surface area contributed by atoms with E-state index in [1.54, 1.807) is 0 Å². The second kappa shape index (κ2) is 9.84. The van der Waals surface area contributed by atoms with Gasteiger partial charge in [0.25, 0.3) is 0 Å². The molecule has 2 nitrogen and oxygen atoms in total. The topological polar surface area (TPSA) is 26.3 Å². The van der Waals surface area contributed by atoms with E-state index in [1.807, 2.05) is 0 Å². The second-order valence-electron chi connectivity index (χ2n) is 1.38. The fourth-order valence-corrected chi connectivity index (χ4v) is 0.582. The van der Waals surface area contributed by atoms with Crippen molar-refractivity contribution in [3.05, 3.63) is 0 Å². The Morgan fingerprint density at radius 2 is 2.33 bits per heavy atom. The third kappa shape index (κ3) is 12.9. The molecule has 0 heterocycles. The number of ether oxygens (including phenoxy) is 1. The van der Waals surface area contributed by atoms with Crippen molar-refractivity contribution < 1.29 is 62.3 Å². The van der Waals surface area contributed by atoms with Gasteiger partial charge in [0.1, 0.15) is 0 Å². The average Bonchev–Trinajstić information content (AvgIpc) is 1.66. The maximum Gasteiger partial charge on any atom is 1.00 e. The number of hydrogen-bond acceptors (Lipinski definition) is 2. The number of halogens is 1. The van der Waals surface area contributed by atoms with E-state index >= 15 is 0 Å². The number of esters is 1. The monoisotopic (exact) mass is 268 g/mol. The van der Waals surface area contributed by atoms with Crippen molar-refractivity contribution >= 4 is 28.6 Å². The predicted octanol–water partition coefficient (Wildman–Crippen LogP) is -1.51. The Bertz CT molecular complexity index is 82.0. The molecule has 0 aliphatic rings. The van der Waals surface area contributed by atoms with Gasteiger partial charge in [-0.1, -0.05) is 22.6 Å². The minimum Gasteiger partial charge on any atom is -1.00 e. The summed E-state index contributed by atoms with van der Waals surface area (Å²) in [4.78, 5) is 10.1. The standard InChI is InChI=1S/C5H9IO2.K.H/c1-5(7)8-4-2-3-6;;/h2-4H2,1H3;;/q;+1;-1. The molecule has 0 amide bonds. The summed E-state index contributed by atoms with van der Waals surface area (Å²) < 4.78 is 5.69. The number of hydrogen-bond donors (Lipinski definition) is 0. The Labute approximate surface area is 113 Å². The summed E-state index contributed by atoms with van der Waals surface area (Å²) in [6, 6.07) is 0. The van der Waals surface area contributed by atoms with Gasteiger partial charge in [0.2, 0.25) is 0 Å². The maximum absolute atomic E-state index is 10.1. The van der Waals surface area contributed by atoms with E-state index in [2.05, 4.69) is 27.3 Å².